The van der Waals surface area contributed by atoms with Gasteiger partial charge < -0.3 is 29.8 Å². The van der Waals surface area contributed by atoms with Crippen LogP contribution in [0.15, 0.2) is 36.5 Å². The highest BCUT2D eigenvalue weighted by molar-refractivity contribution is 6.48. The molecule has 0 spiro atoms. The smallest absolute Gasteiger partial charge is 0.407 e. The van der Waals surface area contributed by atoms with Crippen LogP contribution in [0.4, 0.5) is 4.79 Å². The Bertz CT molecular complexity index is 1270. The zero-order chi connectivity index (χ0) is 29.7. The number of nitrogens with zero attached hydrogens (tertiary/aromatic N) is 2. The molecule has 3 aliphatic carbocycles. The lowest BCUT2D eigenvalue weighted by molar-refractivity contribution is -0.199. The normalized spacial score (nSPS) is 28.3. The van der Waals surface area contributed by atoms with Crippen LogP contribution in [0.25, 0.3) is 5.69 Å². The fourth-order valence-electron chi connectivity index (χ4n) is 7.08. The zero-order valence-corrected chi connectivity index (χ0v) is 25.1. The molecule has 4 fully saturated rings. The van der Waals surface area contributed by atoms with Crippen molar-refractivity contribution in [2.75, 3.05) is 0 Å². The van der Waals surface area contributed by atoms with Gasteiger partial charge in [-0.15, -0.1) is 0 Å². The molecule has 3 N–H and O–H groups in total. The summed E-state index contributed by atoms with van der Waals surface area (Å²) >= 11 is 0. The average Bonchev–Trinajstić information content (AvgIpc) is 3.45. The summed E-state index contributed by atoms with van der Waals surface area (Å²) in [5, 5.41) is 20.3. The van der Waals surface area contributed by atoms with E-state index in [1.807, 2.05) is 30.3 Å². The lowest BCUT2D eigenvalue weighted by atomic mass is 9.43. The van der Waals surface area contributed by atoms with E-state index >= 15 is 0 Å². The number of carbonyl (C=O) groups excluding carboxylic acids is 2. The summed E-state index contributed by atoms with van der Waals surface area (Å²) in [6.07, 6.45) is 2.09. The number of hydrogen-bond acceptors (Lipinski definition) is 7. The van der Waals surface area contributed by atoms with Gasteiger partial charge in [-0.05, 0) is 75.3 Å². The van der Waals surface area contributed by atoms with Crippen molar-refractivity contribution >= 4 is 19.1 Å². The van der Waals surface area contributed by atoms with Crippen molar-refractivity contribution in [2.24, 2.45) is 23.2 Å². The van der Waals surface area contributed by atoms with E-state index in [4.69, 9.17) is 14.0 Å². The van der Waals surface area contributed by atoms with Crippen molar-refractivity contribution in [3.8, 4) is 11.4 Å². The highest BCUT2D eigenvalue weighted by Crippen LogP contribution is 2.65. The Morgan fingerprint density at radius 1 is 1.17 bits per heavy atom. The summed E-state index contributed by atoms with van der Waals surface area (Å²) in [4.78, 5) is 26.3. The van der Waals surface area contributed by atoms with E-state index in [2.05, 4.69) is 50.4 Å². The van der Waals surface area contributed by atoms with Crippen LogP contribution in [0, 0.1) is 30.1 Å². The molecule has 0 radical (unpaired) electrons. The quantitative estimate of drug-likeness (QED) is 0.395. The molecule has 6 rings (SSSR count). The van der Waals surface area contributed by atoms with E-state index in [-0.39, 0.29) is 23.2 Å². The van der Waals surface area contributed by atoms with Gasteiger partial charge in [0.15, 0.2) is 5.75 Å². The summed E-state index contributed by atoms with van der Waals surface area (Å²) in [5.41, 5.74) is 1.24. The van der Waals surface area contributed by atoms with E-state index in [9.17, 15) is 14.7 Å². The first-order chi connectivity index (χ1) is 19.3. The number of carbonyl (C=O) groups is 2. The molecule has 41 heavy (non-hydrogen) atoms. The topological polar surface area (TPSA) is 124 Å². The summed E-state index contributed by atoms with van der Waals surface area (Å²) in [6, 6.07) is 8.22. The summed E-state index contributed by atoms with van der Waals surface area (Å²) < 4.78 is 20.2. The van der Waals surface area contributed by atoms with Crippen molar-refractivity contribution in [3.63, 3.8) is 0 Å². The van der Waals surface area contributed by atoms with Crippen LogP contribution in [0.5, 0.6) is 5.75 Å². The standard InChI is InChI=1S/C30H43BN4O6/c1-17(2)13-25(31-40-24-15-20-14-23(29(20,5)6)30(24,7)41-31)33-27(37)26(19(4)36)34-28(38)39-22-16-32-35(18(22)3)21-11-9-8-10-12-21/h8-12,16-17,19-20,23-26,36H,13-15H2,1-7H3,(H,33,37)(H,34,38)/t19-,20+,23+,24-,25+,26+,30+/m1/s1. The Morgan fingerprint density at radius 3 is 2.51 bits per heavy atom. The molecule has 11 heteroatoms. The molecule has 1 aromatic carbocycles. The second kappa shape index (κ2) is 11.1. The largest absolute Gasteiger partial charge is 0.481 e. The maximum Gasteiger partial charge on any atom is 0.481 e. The molecular formula is C30H43BN4O6. The molecule has 10 nitrogen and oxygen atoms in total. The van der Waals surface area contributed by atoms with Crippen LogP contribution in [-0.2, 0) is 14.1 Å². The Kier molecular flexibility index (Phi) is 8.00. The third-order valence-electron chi connectivity index (χ3n) is 9.56. The number of hydrogen-bond donors (Lipinski definition) is 3. The summed E-state index contributed by atoms with van der Waals surface area (Å²) in [7, 11) is -0.612. The Balaban J connectivity index is 1.25. The first kappa shape index (κ1) is 29.6. The monoisotopic (exact) mass is 566 g/mol. The van der Waals surface area contributed by atoms with Crippen LogP contribution >= 0.6 is 0 Å². The lowest BCUT2D eigenvalue weighted by Crippen LogP contribution is -2.65. The number of nitrogens with one attached hydrogen (secondary N) is 2. The van der Waals surface area contributed by atoms with E-state index in [0.29, 0.717) is 24.0 Å². The zero-order valence-electron chi connectivity index (χ0n) is 25.1. The number of rotatable bonds is 9. The van der Waals surface area contributed by atoms with Crippen LogP contribution in [0.3, 0.4) is 0 Å². The van der Waals surface area contributed by atoms with Crippen molar-refractivity contribution < 1.29 is 28.7 Å². The number of aliphatic hydroxyl groups excluding tert-OH is 1. The number of benzene rings is 1. The van der Waals surface area contributed by atoms with Gasteiger partial charge in [0.1, 0.15) is 6.04 Å². The first-order valence-corrected chi connectivity index (χ1v) is 14.7. The van der Waals surface area contributed by atoms with Gasteiger partial charge in [0, 0.05) is 0 Å². The van der Waals surface area contributed by atoms with Gasteiger partial charge in [0.25, 0.3) is 0 Å². The highest BCUT2D eigenvalue weighted by atomic mass is 16.7. The number of para-hydroxylation sites is 1. The van der Waals surface area contributed by atoms with E-state index in [1.54, 1.807) is 11.6 Å². The maximum atomic E-state index is 13.5. The van der Waals surface area contributed by atoms with Crippen LogP contribution in [0.1, 0.15) is 66.5 Å². The maximum absolute atomic E-state index is 13.5. The van der Waals surface area contributed by atoms with Crippen molar-refractivity contribution in [1.29, 1.82) is 0 Å². The predicted octanol–water partition coefficient (Wildman–Crippen LogP) is 3.82. The third kappa shape index (κ3) is 5.51. The molecule has 7 atom stereocenters. The van der Waals surface area contributed by atoms with Gasteiger partial charge in [-0.3, -0.25) is 4.79 Å². The van der Waals surface area contributed by atoms with Gasteiger partial charge in [-0.2, -0.15) is 5.10 Å². The number of amides is 2. The summed E-state index contributed by atoms with van der Waals surface area (Å²) in [6.45, 7) is 14.1. The first-order valence-electron chi connectivity index (χ1n) is 14.7. The number of aromatic nitrogens is 2. The summed E-state index contributed by atoms with van der Waals surface area (Å²) in [5.74, 6) is 0.533. The second-order valence-electron chi connectivity index (χ2n) is 13.2. The molecule has 4 aliphatic rings. The third-order valence-corrected chi connectivity index (χ3v) is 9.56. The molecule has 2 aromatic rings. The van der Waals surface area contributed by atoms with Gasteiger partial charge in [-0.25, -0.2) is 9.48 Å². The number of ether oxygens (including phenoxy) is 1. The molecular weight excluding hydrogens is 523 g/mol. The molecule has 0 unspecified atom stereocenters. The second-order valence-corrected chi connectivity index (χ2v) is 13.2. The SMILES string of the molecule is Cc1c(OC(=O)N[C@H](C(=O)N[C@@H](CC(C)C)B2O[C@@H]3C[C@@H]4C[C@@H](C4(C)C)[C@]3(C)O2)[C@@H](C)O)cnn1-c1ccccc1. The van der Waals surface area contributed by atoms with E-state index in [0.717, 1.165) is 18.5 Å². The van der Waals surface area contributed by atoms with E-state index < -0.39 is 42.8 Å². The predicted molar refractivity (Wildman–Crippen MR) is 154 cm³/mol. The van der Waals surface area contributed by atoms with Crippen LogP contribution in [-0.4, -0.2) is 63.8 Å². The van der Waals surface area contributed by atoms with Gasteiger partial charge >= 0.3 is 13.2 Å². The highest BCUT2D eigenvalue weighted by Gasteiger charge is 2.68. The Hall–Kier alpha value is -2.89. The van der Waals surface area contributed by atoms with E-state index in [1.165, 1.54) is 13.1 Å². The Labute approximate surface area is 242 Å². The fraction of sp³-hybridized carbons (Fsp3) is 0.633. The average molecular weight is 567 g/mol. The number of aliphatic hydroxyl groups is 1. The minimum Gasteiger partial charge on any atom is -0.407 e. The van der Waals surface area contributed by atoms with Gasteiger partial charge in [0.2, 0.25) is 5.91 Å². The molecule has 2 bridgehead atoms. The van der Waals surface area contributed by atoms with Crippen molar-refractivity contribution in [1.82, 2.24) is 20.4 Å². The van der Waals surface area contributed by atoms with Crippen LogP contribution in [0.2, 0.25) is 0 Å². The molecule has 3 saturated carbocycles. The minimum atomic E-state index is -1.24. The van der Waals surface area contributed by atoms with Gasteiger partial charge in [0.05, 0.1) is 41.3 Å². The molecule has 1 aliphatic heterocycles. The molecule has 1 saturated heterocycles. The van der Waals surface area contributed by atoms with Crippen molar-refractivity contribution in [3.05, 3.63) is 42.2 Å². The molecule has 2 heterocycles. The molecule has 222 valence electrons. The fourth-order valence-corrected chi connectivity index (χ4v) is 7.08. The van der Waals surface area contributed by atoms with Crippen LogP contribution < -0.4 is 15.4 Å². The van der Waals surface area contributed by atoms with Gasteiger partial charge in [-0.1, -0.05) is 45.9 Å². The molecule has 2 amide bonds. The van der Waals surface area contributed by atoms with Crippen molar-refractivity contribution in [2.45, 2.75) is 97.5 Å². The Morgan fingerprint density at radius 2 is 1.88 bits per heavy atom. The minimum absolute atomic E-state index is 0.0171. The lowest BCUT2D eigenvalue weighted by Gasteiger charge is -2.64. The molecule has 1 aromatic heterocycles.